The average Bonchev–Trinajstić information content (AvgIpc) is 2.75. The molecule has 0 fully saturated rings. The number of hydrogen-bond donors (Lipinski definition) is 1. The topological polar surface area (TPSA) is 38.3 Å². The molecule has 0 unspecified atom stereocenters. The van der Waals surface area contributed by atoms with Gasteiger partial charge in [-0.25, -0.2) is 0 Å². The van der Waals surface area contributed by atoms with E-state index in [1.165, 1.54) is 11.1 Å². The maximum atomic E-state index is 11.5. The molecule has 0 bridgehead atoms. The summed E-state index contributed by atoms with van der Waals surface area (Å²) < 4.78 is 5.47. The Morgan fingerprint density at radius 2 is 2.28 bits per heavy atom. The van der Waals surface area contributed by atoms with Gasteiger partial charge in [-0.2, -0.15) is 0 Å². The SMILES string of the molecule is CC(C)CC(=O)NCCc1ccc2c(c1)CCO2. The van der Waals surface area contributed by atoms with Crippen molar-refractivity contribution in [3.05, 3.63) is 29.3 Å². The summed E-state index contributed by atoms with van der Waals surface area (Å²) in [4.78, 5) is 11.5. The second-order valence-electron chi connectivity index (χ2n) is 5.24. The molecule has 98 valence electrons. The van der Waals surface area contributed by atoms with Crippen LogP contribution in [0.4, 0.5) is 0 Å². The molecule has 0 aromatic heterocycles. The fourth-order valence-corrected chi connectivity index (χ4v) is 2.18. The second-order valence-corrected chi connectivity index (χ2v) is 5.24. The summed E-state index contributed by atoms with van der Waals surface area (Å²) in [7, 11) is 0. The second kappa shape index (κ2) is 5.89. The van der Waals surface area contributed by atoms with Gasteiger partial charge in [0.15, 0.2) is 0 Å². The quantitative estimate of drug-likeness (QED) is 0.867. The summed E-state index contributed by atoms with van der Waals surface area (Å²) >= 11 is 0. The number of rotatable bonds is 5. The van der Waals surface area contributed by atoms with E-state index < -0.39 is 0 Å². The van der Waals surface area contributed by atoms with E-state index in [1.807, 2.05) is 6.07 Å². The maximum Gasteiger partial charge on any atom is 0.220 e. The van der Waals surface area contributed by atoms with Crippen LogP contribution in [0.2, 0.25) is 0 Å². The lowest BCUT2D eigenvalue weighted by atomic mass is 10.1. The van der Waals surface area contributed by atoms with Crippen LogP contribution in [-0.4, -0.2) is 19.1 Å². The van der Waals surface area contributed by atoms with Crippen LogP contribution in [-0.2, 0) is 17.6 Å². The average molecular weight is 247 g/mol. The van der Waals surface area contributed by atoms with Gasteiger partial charge in [0.25, 0.3) is 0 Å². The Kier molecular flexibility index (Phi) is 4.24. The van der Waals surface area contributed by atoms with Crippen LogP contribution in [0.1, 0.15) is 31.4 Å². The molecule has 1 aromatic rings. The first-order valence-corrected chi connectivity index (χ1v) is 6.66. The lowest BCUT2D eigenvalue weighted by Gasteiger charge is -2.08. The number of carbonyl (C=O) groups excluding carboxylic acids is 1. The van der Waals surface area contributed by atoms with E-state index in [9.17, 15) is 4.79 Å². The van der Waals surface area contributed by atoms with E-state index in [-0.39, 0.29) is 5.91 Å². The zero-order chi connectivity index (χ0) is 13.0. The van der Waals surface area contributed by atoms with Crippen LogP contribution >= 0.6 is 0 Å². The molecule has 0 radical (unpaired) electrons. The van der Waals surface area contributed by atoms with Crippen LogP contribution < -0.4 is 10.1 Å². The lowest BCUT2D eigenvalue weighted by molar-refractivity contribution is -0.121. The van der Waals surface area contributed by atoms with Crippen molar-refractivity contribution in [2.24, 2.45) is 5.92 Å². The van der Waals surface area contributed by atoms with Crippen LogP contribution in [0.3, 0.4) is 0 Å². The van der Waals surface area contributed by atoms with Crippen molar-refractivity contribution in [3.63, 3.8) is 0 Å². The van der Waals surface area contributed by atoms with E-state index >= 15 is 0 Å². The normalized spacial score (nSPS) is 13.3. The molecular weight excluding hydrogens is 226 g/mol. The van der Waals surface area contributed by atoms with E-state index in [0.29, 0.717) is 18.9 Å². The number of amides is 1. The fourth-order valence-electron chi connectivity index (χ4n) is 2.18. The third kappa shape index (κ3) is 3.49. The molecule has 0 saturated heterocycles. The predicted octanol–water partition coefficient (Wildman–Crippen LogP) is 2.33. The summed E-state index contributed by atoms with van der Waals surface area (Å²) in [5, 5.41) is 2.96. The first-order chi connectivity index (χ1) is 8.65. The van der Waals surface area contributed by atoms with E-state index in [4.69, 9.17) is 4.74 Å². The number of carbonyl (C=O) groups is 1. The van der Waals surface area contributed by atoms with Crippen LogP contribution in [0.25, 0.3) is 0 Å². The van der Waals surface area contributed by atoms with Crippen molar-refractivity contribution in [3.8, 4) is 5.75 Å². The minimum atomic E-state index is 0.148. The molecule has 2 rings (SSSR count). The molecule has 1 heterocycles. The summed E-state index contributed by atoms with van der Waals surface area (Å²) in [6.07, 6.45) is 2.50. The molecule has 18 heavy (non-hydrogen) atoms. The third-order valence-electron chi connectivity index (χ3n) is 3.08. The zero-order valence-electron chi connectivity index (χ0n) is 11.2. The third-order valence-corrected chi connectivity index (χ3v) is 3.08. The highest BCUT2D eigenvalue weighted by molar-refractivity contribution is 5.76. The summed E-state index contributed by atoms with van der Waals surface area (Å²) in [6, 6.07) is 6.31. The first kappa shape index (κ1) is 12.9. The predicted molar refractivity (Wildman–Crippen MR) is 71.8 cm³/mol. The Morgan fingerprint density at radius 1 is 1.44 bits per heavy atom. The Bertz CT molecular complexity index is 427. The van der Waals surface area contributed by atoms with Gasteiger partial charge in [-0.1, -0.05) is 26.0 Å². The zero-order valence-corrected chi connectivity index (χ0v) is 11.2. The molecule has 0 spiro atoms. The van der Waals surface area contributed by atoms with Gasteiger partial charge in [0.2, 0.25) is 5.91 Å². The molecule has 0 saturated carbocycles. The lowest BCUT2D eigenvalue weighted by Crippen LogP contribution is -2.26. The van der Waals surface area contributed by atoms with Gasteiger partial charge in [-0.15, -0.1) is 0 Å². The molecular formula is C15H21NO2. The first-order valence-electron chi connectivity index (χ1n) is 6.66. The van der Waals surface area contributed by atoms with Crippen molar-refractivity contribution in [1.82, 2.24) is 5.32 Å². The highest BCUT2D eigenvalue weighted by atomic mass is 16.5. The largest absolute Gasteiger partial charge is 0.493 e. The summed E-state index contributed by atoms with van der Waals surface area (Å²) in [5.74, 6) is 1.58. The van der Waals surface area contributed by atoms with Crippen LogP contribution in [0.5, 0.6) is 5.75 Å². The van der Waals surface area contributed by atoms with Gasteiger partial charge >= 0.3 is 0 Å². The van der Waals surface area contributed by atoms with Crippen molar-refractivity contribution in [2.45, 2.75) is 33.1 Å². The van der Waals surface area contributed by atoms with Gasteiger partial charge in [0.1, 0.15) is 5.75 Å². The molecule has 1 aliphatic rings. The molecule has 3 nitrogen and oxygen atoms in total. The van der Waals surface area contributed by atoms with Gasteiger partial charge in [-0.05, 0) is 29.5 Å². The van der Waals surface area contributed by atoms with Crippen LogP contribution in [0.15, 0.2) is 18.2 Å². The smallest absolute Gasteiger partial charge is 0.220 e. The van der Waals surface area contributed by atoms with Gasteiger partial charge in [0, 0.05) is 19.4 Å². The number of hydrogen-bond acceptors (Lipinski definition) is 2. The molecule has 1 aliphatic heterocycles. The number of ether oxygens (including phenoxy) is 1. The minimum absolute atomic E-state index is 0.148. The molecule has 1 aromatic carbocycles. The van der Waals surface area contributed by atoms with Crippen LogP contribution in [0, 0.1) is 5.92 Å². The highest BCUT2D eigenvalue weighted by Crippen LogP contribution is 2.25. The Labute approximate surface area is 109 Å². The highest BCUT2D eigenvalue weighted by Gasteiger charge is 2.11. The van der Waals surface area contributed by atoms with Crippen molar-refractivity contribution in [1.29, 1.82) is 0 Å². The molecule has 1 N–H and O–H groups in total. The molecule has 0 atom stereocenters. The van der Waals surface area contributed by atoms with Crippen molar-refractivity contribution in [2.75, 3.05) is 13.2 Å². The van der Waals surface area contributed by atoms with Gasteiger partial charge in [0.05, 0.1) is 6.61 Å². The minimum Gasteiger partial charge on any atom is -0.493 e. The molecule has 3 heteroatoms. The summed E-state index contributed by atoms with van der Waals surface area (Å²) in [5.41, 5.74) is 2.56. The standard InChI is InChI=1S/C15H21NO2/c1-11(2)9-15(17)16-7-5-12-3-4-14-13(10-12)6-8-18-14/h3-4,10-11H,5-9H2,1-2H3,(H,16,17). The van der Waals surface area contributed by atoms with Gasteiger partial charge in [-0.3, -0.25) is 4.79 Å². The van der Waals surface area contributed by atoms with Crippen molar-refractivity contribution >= 4 is 5.91 Å². The number of nitrogens with one attached hydrogen (secondary N) is 1. The van der Waals surface area contributed by atoms with Gasteiger partial charge < -0.3 is 10.1 Å². The Hall–Kier alpha value is -1.51. The van der Waals surface area contributed by atoms with E-state index in [1.54, 1.807) is 0 Å². The molecule has 0 aliphatic carbocycles. The molecule has 1 amide bonds. The van der Waals surface area contributed by atoms with E-state index in [0.717, 1.165) is 25.2 Å². The Morgan fingerprint density at radius 3 is 3.06 bits per heavy atom. The monoisotopic (exact) mass is 247 g/mol. The van der Waals surface area contributed by atoms with Crippen molar-refractivity contribution < 1.29 is 9.53 Å². The van der Waals surface area contributed by atoms with E-state index in [2.05, 4.69) is 31.3 Å². The number of fused-ring (bicyclic) bond motifs is 1. The Balaban J connectivity index is 1.78. The number of benzene rings is 1. The maximum absolute atomic E-state index is 11.5. The fraction of sp³-hybridized carbons (Fsp3) is 0.533. The summed E-state index contributed by atoms with van der Waals surface area (Å²) in [6.45, 7) is 5.62.